The number of pyridine rings is 1. The molecule has 0 aliphatic heterocycles. The van der Waals surface area contributed by atoms with E-state index in [0.29, 0.717) is 5.15 Å². The monoisotopic (exact) mass is 329 g/mol. The van der Waals surface area contributed by atoms with Crippen LogP contribution in [0.1, 0.15) is 11.1 Å². The van der Waals surface area contributed by atoms with Crippen LogP contribution in [0, 0.1) is 13.8 Å². The van der Waals surface area contributed by atoms with Crippen LogP contribution < -0.4 is 0 Å². The summed E-state index contributed by atoms with van der Waals surface area (Å²) in [5.41, 5.74) is 2.00. The molecule has 0 unspecified atom stereocenters. The standard InChI is InChI=1S/C11H9BrClN3S/c1-6-7(2)11(16-15-10(6)13)17-9-4-3-8(12)5-14-9/h3-5H,1-2H3. The zero-order chi connectivity index (χ0) is 12.4. The second kappa shape index (κ2) is 5.33. The Balaban J connectivity index is 2.30. The van der Waals surface area contributed by atoms with E-state index in [1.54, 1.807) is 6.20 Å². The summed E-state index contributed by atoms with van der Waals surface area (Å²) in [5.74, 6) is 0. The average molecular weight is 331 g/mol. The first-order valence-electron chi connectivity index (χ1n) is 4.86. The van der Waals surface area contributed by atoms with Crippen molar-refractivity contribution in [3.63, 3.8) is 0 Å². The van der Waals surface area contributed by atoms with Gasteiger partial charge in [-0.05, 0) is 64.8 Å². The minimum Gasteiger partial charge on any atom is -0.248 e. The first kappa shape index (κ1) is 12.8. The Bertz CT molecular complexity index is 545. The van der Waals surface area contributed by atoms with Crippen molar-refractivity contribution in [3.8, 4) is 0 Å². The highest BCUT2D eigenvalue weighted by Gasteiger charge is 2.10. The smallest absolute Gasteiger partial charge is 0.154 e. The van der Waals surface area contributed by atoms with Gasteiger partial charge in [-0.3, -0.25) is 0 Å². The maximum atomic E-state index is 5.90. The normalized spacial score (nSPS) is 10.6. The minimum absolute atomic E-state index is 0.454. The van der Waals surface area contributed by atoms with E-state index in [9.17, 15) is 0 Å². The summed E-state index contributed by atoms with van der Waals surface area (Å²) in [6.07, 6.45) is 1.76. The van der Waals surface area contributed by atoms with Crippen molar-refractivity contribution in [3.05, 3.63) is 39.1 Å². The lowest BCUT2D eigenvalue weighted by atomic mass is 10.2. The molecule has 0 aliphatic rings. The molecule has 0 radical (unpaired) electrons. The molecular formula is C11H9BrClN3S. The molecule has 2 aromatic rings. The van der Waals surface area contributed by atoms with Crippen LogP contribution in [0.2, 0.25) is 5.15 Å². The zero-order valence-corrected chi connectivity index (χ0v) is 12.4. The Morgan fingerprint density at radius 3 is 2.59 bits per heavy atom. The molecule has 2 heterocycles. The molecule has 0 fully saturated rings. The number of halogens is 2. The van der Waals surface area contributed by atoms with E-state index in [4.69, 9.17) is 11.6 Å². The summed E-state index contributed by atoms with van der Waals surface area (Å²) >= 11 is 10.7. The van der Waals surface area contributed by atoms with Crippen LogP contribution >= 0.6 is 39.3 Å². The predicted octanol–water partition coefficient (Wildman–Crippen LogP) is 4.06. The van der Waals surface area contributed by atoms with E-state index in [-0.39, 0.29) is 0 Å². The fraction of sp³-hybridized carbons (Fsp3) is 0.182. The fourth-order valence-corrected chi connectivity index (χ4v) is 2.41. The largest absolute Gasteiger partial charge is 0.248 e. The molecule has 0 aliphatic carbocycles. The van der Waals surface area contributed by atoms with Crippen LogP contribution in [-0.2, 0) is 0 Å². The van der Waals surface area contributed by atoms with Crippen molar-refractivity contribution in [2.45, 2.75) is 23.9 Å². The van der Waals surface area contributed by atoms with Gasteiger partial charge in [0, 0.05) is 10.7 Å². The summed E-state index contributed by atoms with van der Waals surface area (Å²) < 4.78 is 0.956. The molecule has 0 atom stereocenters. The molecule has 0 aromatic carbocycles. The van der Waals surface area contributed by atoms with E-state index in [0.717, 1.165) is 25.7 Å². The maximum absolute atomic E-state index is 5.90. The van der Waals surface area contributed by atoms with Gasteiger partial charge in [0.2, 0.25) is 0 Å². The van der Waals surface area contributed by atoms with Crippen LogP contribution in [0.5, 0.6) is 0 Å². The van der Waals surface area contributed by atoms with Crippen molar-refractivity contribution in [1.29, 1.82) is 0 Å². The molecule has 0 saturated carbocycles. The third kappa shape index (κ3) is 2.97. The lowest BCUT2D eigenvalue weighted by Gasteiger charge is -2.06. The van der Waals surface area contributed by atoms with Gasteiger partial charge < -0.3 is 0 Å². The van der Waals surface area contributed by atoms with Gasteiger partial charge in [-0.15, -0.1) is 10.2 Å². The first-order valence-corrected chi connectivity index (χ1v) is 6.85. The summed E-state index contributed by atoms with van der Waals surface area (Å²) in [5, 5.41) is 10.2. The van der Waals surface area contributed by atoms with Crippen molar-refractivity contribution < 1.29 is 0 Å². The van der Waals surface area contributed by atoms with Crippen LogP contribution in [0.25, 0.3) is 0 Å². The van der Waals surface area contributed by atoms with Crippen molar-refractivity contribution >= 4 is 39.3 Å². The molecule has 0 spiro atoms. The second-order valence-electron chi connectivity index (χ2n) is 3.46. The number of nitrogens with zero attached hydrogens (tertiary/aromatic N) is 3. The molecular weight excluding hydrogens is 322 g/mol. The maximum Gasteiger partial charge on any atom is 0.154 e. The van der Waals surface area contributed by atoms with Gasteiger partial charge in [0.1, 0.15) is 10.1 Å². The third-order valence-corrected chi connectivity index (χ3v) is 4.18. The highest BCUT2D eigenvalue weighted by Crippen LogP contribution is 2.30. The Labute approximate surface area is 117 Å². The molecule has 17 heavy (non-hydrogen) atoms. The Kier molecular flexibility index (Phi) is 4.01. The number of aromatic nitrogens is 3. The minimum atomic E-state index is 0.454. The average Bonchev–Trinajstić information content (AvgIpc) is 2.33. The van der Waals surface area contributed by atoms with Crippen LogP contribution in [0.15, 0.2) is 32.9 Å². The fourth-order valence-electron chi connectivity index (χ4n) is 1.17. The highest BCUT2D eigenvalue weighted by molar-refractivity contribution is 9.10. The van der Waals surface area contributed by atoms with Gasteiger partial charge in [0.25, 0.3) is 0 Å². The van der Waals surface area contributed by atoms with E-state index >= 15 is 0 Å². The first-order chi connectivity index (χ1) is 8.08. The Morgan fingerprint density at radius 2 is 1.94 bits per heavy atom. The summed E-state index contributed by atoms with van der Waals surface area (Å²) in [4.78, 5) is 4.28. The van der Waals surface area contributed by atoms with Gasteiger partial charge in [0.15, 0.2) is 5.15 Å². The van der Waals surface area contributed by atoms with Crippen molar-refractivity contribution in [2.75, 3.05) is 0 Å². The molecule has 0 N–H and O–H groups in total. The second-order valence-corrected chi connectivity index (χ2v) is 5.75. The molecule has 0 amide bonds. The Morgan fingerprint density at radius 1 is 1.18 bits per heavy atom. The number of rotatable bonds is 2. The van der Waals surface area contributed by atoms with Crippen molar-refractivity contribution in [1.82, 2.24) is 15.2 Å². The van der Waals surface area contributed by atoms with Gasteiger partial charge >= 0.3 is 0 Å². The van der Waals surface area contributed by atoms with E-state index in [2.05, 4.69) is 31.1 Å². The van der Waals surface area contributed by atoms with E-state index in [1.807, 2.05) is 26.0 Å². The SMILES string of the molecule is Cc1c(Cl)nnc(Sc2ccc(Br)cn2)c1C. The summed E-state index contributed by atoms with van der Waals surface area (Å²) in [7, 11) is 0. The molecule has 2 aromatic heterocycles. The van der Waals surface area contributed by atoms with Gasteiger partial charge in [0.05, 0.1) is 0 Å². The Hall–Kier alpha value is -0.650. The van der Waals surface area contributed by atoms with Crippen LogP contribution in [0.3, 0.4) is 0 Å². The van der Waals surface area contributed by atoms with E-state index < -0.39 is 0 Å². The van der Waals surface area contributed by atoms with Gasteiger partial charge in [-0.2, -0.15) is 0 Å². The van der Waals surface area contributed by atoms with Gasteiger partial charge in [-0.25, -0.2) is 4.98 Å². The van der Waals surface area contributed by atoms with Gasteiger partial charge in [-0.1, -0.05) is 11.6 Å². The lowest BCUT2D eigenvalue weighted by molar-refractivity contribution is 0.889. The molecule has 6 heteroatoms. The molecule has 2 rings (SSSR count). The summed E-state index contributed by atoms with van der Waals surface area (Å²) in [6.45, 7) is 3.92. The lowest BCUT2D eigenvalue weighted by Crippen LogP contribution is -1.95. The molecule has 0 saturated heterocycles. The predicted molar refractivity (Wildman–Crippen MR) is 72.6 cm³/mol. The third-order valence-electron chi connectivity index (χ3n) is 2.32. The topological polar surface area (TPSA) is 38.7 Å². The van der Waals surface area contributed by atoms with E-state index in [1.165, 1.54) is 11.8 Å². The van der Waals surface area contributed by atoms with Crippen LogP contribution in [-0.4, -0.2) is 15.2 Å². The quantitative estimate of drug-likeness (QED) is 0.832. The molecule has 3 nitrogen and oxygen atoms in total. The molecule has 88 valence electrons. The highest BCUT2D eigenvalue weighted by atomic mass is 79.9. The summed E-state index contributed by atoms with van der Waals surface area (Å²) in [6, 6.07) is 3.88. The van der Waals surface area contributed by atoms with Crippen molar-refractivity contribution in [2.24, 2.45) is 0 Å². The molecule has 0 bridgehead atoms. The number of hydrogen-bond donors (Lipinski definition) is 0. The number of hydrogen-bond acceptors (Lipinski definition) is 4. The van der Waals surface area contributed by atoms with Crippen LogP contribution in [0.4, 0.5) is 0 Å². The zero-order valence-electron chi connectivity index (χ0n) is 9.24.